The average Bonchev–Trinajstić information content (AvgIpc) is 2.91. The van der Waals surface area contributed by atoms with Crippen LogP contribution in [0, 0.1) is 0 Å². The van der Waals surface area contributed by atoms with Crippen molar-refractivity contribution in [2.45, 2.75) is 25.8 Å². The molecule has 0 saturated heterocycles. The van der Waals surface area contributed by atoms with Crippen LogP contribution >= 0.6 is 11.3 Å². The fourth-order valence-electron chi connectivity index (χ4n) is 2.58. The highest BCUT2D eigenvalue weighted by Crippen LogP contribution is 2.38. The summed E-state index contributed by atoms with van der Waals surface area (Å²) < 4.78 is 0. The molecule has 1 aromatic heterocycles. The molecule has 0 amide bonds. The summed E-state index contributed by atoms with van der Waals surface area (Å²) in [5.41, 5.74) is 9.39. The molecule has 22 heavy (non-hydrogen) atoms. The van der Waals surface area contributed by atoms with Gasteiger partial charge in [0.2, 0.25) is 0 Å². The molecule has 120 valence electrons. The monoisotopic (exact) mass is 318 g/mol. The van der Waals surface area contributed by atoms with Crippen LogP contribution in [0.4, 0.5) is 5.13 Å². The minimum atomic E-state index is 0.423. The first kappa shape index (κ1) is 16.9. The van der Waals surface area contributed by atoms with Gasteiger partial charge in [0.1, 0.15) is 0 Å². The molecular weight excluding hydrogens is 292 g/mol. The van der Waals surface area contributed by atoms with E-state index in [-0.39, 0.29) is 0 Å². The fraction of sp³-hybridized carbons (Fsp3) is 0.471. The topological polar surface area (TPSA) is 54.2 Å². The van der Waals surface area contributed by atoms with Gasteiger partial charge < -0.3 is 16.0 Å². The summed E-state index contributed by atoms with van der Waals surface area (Å²) in [6, 6.07) is 8.54. The lowest BCUT2D eigenvalue weighted by atomic mass is 9.98. The molecule has 0 aliphatic heterocycles. The summed E-state index contributed by atoms with van der Waals surface area (Å²) >= 11 is 1.74. The summed E-state index contributed by atoms with van der Waals surface area (Å²) in [6.45, 7) is 3.85. The van der Waals surface area contributed by atoms with Crippen molar-refractivity contribution < 1.29 is 0 Å². The van der Waals surface area contributed by atoms with Crippen LogP contribution in [0.25, 0.3) is 11.3 Å². The Morgan fingerprint density at radius 2 is 2.05 bits per heavy atom. The molecule has 3 N–H and O–H groups in total. The third-order valence-electron chi connectivity index (χ3n) is 3.67. The largest absolute Gasteiger partial charge is 0.365 e. The van der Waals surface area contributed by atoms with Crippen LogP contribution in [0.1, 0.15) is 29.7 Å². The second kappa shape index (κ2) is 7.72. The maximum absolute atomic E-state index is 5.75. The van der Waals surface area contributed by atoms with E-state index in [1.54, 1.807) is 11.3 Å². The van der Waals surface area contributed by atoms with E-state index in [9.17, 15) is 0 Å². The molecule has 4 nitrogen and oxygen atoms in total. The number of hydrogen-bond donors (Lipinski definition) is 2. The Hall–Kier alpha value is -1.43. The molecule has 1 atom stereocenters. The molecule has 0 bridgehead atoms. The van der Waals surface area contributed by atoms with Gasteiger partial charge in [-0.1, -0.05) is 31.2 Å². The van der Waals surface area contributed by atoms with E-state index < -0.39 is 0 Å². The van der Waals surface area contributed by atoms with Gasteiger partial charge in [0.05, 0.1) is 5.69 Å². The normalized spacial score (nSPS) is 12.6. The summed E-state index contributed by atoms with van der Waals surface area (Å²) in [6.07, 6.45) is 0.980. The van der Waals surface area contributed by atoms with Crippen molar-refractivity contribution in [3.8, 4) is 11.3 Å². The zero-order chi connectivity index (χ0) is 16.1. The van der Waals surface area contributed by atoms with E-state index in [4.69, 9.17) is 10.7 Å². The second-order valence-corrected chi connectivity index (χ2v) is 6.89. The maximum atomic E-state index is 5.75. The molecule has 5 heteroatoms. The van der Waals surface area contributed by atoms with Gasteiger partial charge in [-0.15, -0.1) is 11.3 Å². The van der Waals surface area contributed by atoms with Crippen LogP contribution in [0.15, 0.2) is 24.3 Å². The van der Waals surface area contributed by atoms with Crippen molar-refractivity contribution >= 4 is 16.5 Å². The Balaban J connectivity index is 2.49. The molecule has 2 rings (SSSR count). The quantitative estimate of drug-likeness (QED) is 0.822. The lowest BCUT2D eigenvalue weighted by molar-refractivity contribution is 0.403. The van der Waals surface area contributed by atoms with Crippen molar-refractivity contribution in [1.82, 2.24) is 9.88 Å². The number of nitrogens with two attached hydrogens (primary N) is 1. The van der Waals surface area contributed by atoms with Gasteiger partial charge in [0.15, 0.2) is 5.13 Å². The van der Waals surface area contributed by atoms with Gasteiger partial charge in [0.25, 0.3) is 0 Å². The zero-order valence-electron chi connectivity index (χ0n) is 13.9. The number of hydrogen-bond acceptors (Lipinski definition) is 5. The predicted molar refractivity (Wildman–Crippen MR) is 96.6 cm³/mol. The van der Waals surface area contributed by atoms with Crippen molar-refractivity contribution in [2.24, 2.45) is 5.73 Å². The third kappa shape index (κ3) is 3.85. The first-order valence-corrected chi connectivity index (χ1v) is 8.50. The molecule has 1 unspecified atom stereocenters. The summed E-state index contributed by atoms with van der Waals surface area (Å²) in [5, 5.41) is 4.15. The third-order valence-corrected chi connectivity index (χ3v) is 4.98. The van der Waals surface area contributed by atoms with Gasteiger partial charge in [-0.2, -0.15) is 0 Å². The van der Waals surface area contributed by atoms with Crippen molar-refractivity contribution in [1.29, 1.82) is 0 Å². The number of aromatic nitrogens is 1. The lowest BCUT2D eigenvalue weighted by Gasteiger charge is -2.15. The van der Waals surface area contributed by atoms with E-state index >= 15 is 0 Å². The van der Waals surface area contributed by atoms with E-state index in [0.717, 1.165) is 23.8 Å². The van der Waals surface area contributed by atoms with Gasteiger partial charge in [-0.05, 0) is 38.5 Å². The van der Waals surface area contributed by atoms with Crippen LogP contribution in [-0.2, 0) is 6.54 Å². The van der Waals surface area contributed by atoms with Crippen LogP contribution < -0.4 is 11.1 Å². The number of rotatable bonds is 7. The van der Waals surface area contributed by atoms with E-state index in [0.29, 0.717) is 12.5 Å². The number of benzene rings is 1. The Morgan fingerprint density at radius 3 is 2.68 bits per heavy atom. The SMILES string of the molecule is CNc1nc(-c2ccccc2CN(C)C)c(C(C)CCN)s1. The number of nitrogens with zero attached hydrogens (tertiary/aromatic N) is 2. The highest BCUT2D eigenvalue weighted by molar-refractivity contribution is 7.16. The molecule has 1 heterocycles. The highest BCUT2D eigenvalue weighted by atomic mass is 32.1. The predicted octanol–water partition coefficient (Wildman–Crippen LogP) is 3.37. The molecule has 0 spiro atoms. The molecule has 1 aromatic carbocycles. The molecule has 0 aliphatic rings. The van der Waals surface area contributed by atoms with Crippen LogP contribution in [-0.4, -0.2) is 37.6 Å². The lowest BCUT2D eigenvalue weighted by Crippen LogP contribution is -2.12. The van der Waals surface area contributed by atoms with Crippen LogP contribution in [0.5, 0.6) is 0 Å². The zero-order valence-corrected chi connectivity index (χ0v) is 14.7. The first-order chi connectivity index (χ1) is 10.6. The van der Waals surface area contributed by atoms with Crippen molar-refractivity contribution in [3.05, 3.63) is 34.7 Å². The van der Waals surface area contributed by atoms with E-state index in [1.807, 2.05) is 7.05 Å². The summed E-state index contributed by atoms with van der Waals surface area (Å²) in [5.74, 6) is 0.423. The van der Waals surface area contributed by atoms with Crippen LogP contribution in [0.3, 0.4) is 0 Å². The number of thiazole rings is 1. The maximum Gasteiger partial charge on any atom is 0.183 e. The summed E-state index contributed by atoms with van der Waals surface area (Å²) in [4.78, 5) is 8.33. The fourth-order valence-corrected chi connectivity index (χ4v) is 3.60. The smallest absolute Gasteiger partial charge is 0.183 e. The Morgan fingerprint density at radius 1 is 1.32 bits per heavy atom. The molecule has 0 fully saturated rings. The van der Waals surface area contributed by atoms with Crippen molar-refractivity contribution in [3.63, 3.8) is 0 Å². The Bertz CT molecular complexity index is 606. The van der Waals surface area contributed by atoms with Gasteiger partial charge >= 0.3 is 0 Å². The van der Waals surface area contributed by atoms with Gasteiger partial charge in [-0.3, -0.25) is 0 Å². The highest BCUT2D eigenvalue weighted by Gasteiger charge is 2.19. The minimum absolute atomic E-state index is 0.423. The number of anilines is 1. The van der Waals surface area contributed by atoms with Crippen molar-refractivity contribution in [2.75, 3.05) is 33.0 Å². The molecule has 0 saturated carbocycles. The molecular formula is C17H26N4S. The van der Waals surface area contributed by atoms with Gasteiger partial charge in [0, 0.05) is 24.0 Å². The first-order valence-electron chi connectivity index (χ1n) is 7.68. The Kier molecular flexibility index (Phi) is 5.94. The molecule has 0 aliphatic carbocycles. The molecule has 2 aromatic rings. The standard InChI is InChI=1S/C17H26N4S/c1-12(9-10-18)16-15(20-17(19-2)22-16)14-8-6-5-7-13(14)11-21(3)4/h5-8,12H,9-11,18H2,1-4H3,(H,19,20). The Labute approximate surface area is 137 Å². The van der Waals surface area contributed by atoms with Gasteiger partial charge in [-0.25, -0.2) is 4.98 Å². The number of nitrogens with one attached hydrogen (secondary N) is 1. The molecule has 0 radical (unpaired) electrons. The van der Waals surface area contributed by atoms with Crippen LogP contribution in [0.2, 0.25) is 0 Å². The minimum Gasteiger partial charge on any atom is -0.365 e. The van der Waals surface area contributed by atoms with E-state index in [2.05, 4.69) is 55.5 Å². The second-order valence-electron chi connectivity index (χ2n) is 5.86. The average molecular weight is 318 g/mol. The van der Waals surface area contributed by atoms with E-state index in [1.165, 1.54) is 16.0 Å². The summed E-state index contributed by atoms with van der Waals surface area (Å²) in [7, 11) is 6.11.